The molecular weight excluding hydrogens is 344 g/mol. The number of hydrogen-bond acceptors (Lipinski definition) is 5. The zero-order valence-corrected chi connectivity index (χ0v) is 16.5. The molecule has 27 heavy (non-hydrogen) atoms. The maximum Gasteiger partial charge on any atom is 0.410 e. The highest BCUT2D eigenvalue weighted by Crippen LogP contribution is 2.30. The number of nitrogens with zero attached hydrogens (tertiary/aromatic N) is 2. The summed E-state index contributed by atoms with van der Waals surface area (Å²) < 4.78 is 17.5. The third kappa shape index (κ3) is 5.70. The van der Waals surface area contributed by atoms with E-state index in [1.54, 1.807) is 17.2 Å². The van der Waals surface area contributed by atoms with E-state index in [-0.39, 0.29) is 24.4 Å². The summed E-state index contributed by atoms with van der Waals surface area (Å²) in [5.41, 5.74) is 0.551. The second kappa shape index (κ2) is 8.30. The molecule has 1 amide bonds. The van der Waals surface area contributed by atoms with E-state index in [9.17, 15) is 4.79 Å². The summed E-state index contributed by atoms with van der Waals surface area (Å²) in [4.78, 5) is 18.1. The first-order valence-electron chi connectivity index (χ1n) is 9.71. The van der Waals surface area contributed by atoms with E-state index >= 15 is 0 Å². The van der Waals surface area contributed by atoms with Crippen molar-refractivity contribution in [3.63, 3.8) is 0 Å². The molecule has 2 heterocycles. The molecule has 0 atom stereocenters. The van der Waals surface area contributed by atoms with Crippen molar-refractivity contribution in [2.24, 2.45) is 0 Å². The van der Waals surface area contributed by atoms with Gasteiger partial charge in [0.05, 0.1) is 12.2 Å². The van der Waals surface area contributed by atoms with Gasteiger partial charge >= 0.3 is 6.09 Å². The molecule has 1 aromatic heterocycles. The Morgan fingerprint density at radius 3 is 2.56 bits per heavy atom. The molecule has 148 valence electrons. The summed E-state index contributed by atoms with van der Waals surface area (Å²) >= 11 is 0. The lowest BCUT2D eigenvalue weighted by Gasteiger charge is -2.39. The highest BCUT2D eigenvalue weighted by Gasteiger charge is 2.35. The fourth-order valence-corrected chi connectivity index (χ4v) is 3.28. The van der Waals surface area contributed by atoms with E-state index < -0.39 is 5.60 Å². The van der Waals surface area contributed by atoms with Crippen LogP contribution in [0.1, 0.15) is 52.0 Å². The van der Waals surface area contributed by atoms with Crippen LogP contribution < -0.4 is 4.74 Å². The van der Waals surface area contributed by atoms with Crippen molar-refractivity contribution in [3.8, 4) is 5.88 Å². The standard InChI is InChI=1S/C21H30N2O4/c1-5-15-6-9-22-19(12-15)26-18-13-17(14-18)25-16-7-10-23(11-8-16)20(24)27-21(2,3)4/h5-6,9,12,16-18H,1,7-8,10-11,13-14H2,2-4H3. The Kier molecular flexibility index (Phi) is 6.05. The SMILES string of the molecule is C=Cc1ccnc(OC2CC(OC3CCN(C(=O)OC(C)(C)C)CC3)C2)c1. The van der Waals surface area contributed by atoms with Gasteiger partial charge in [0.1, 0.15) is 11.7 Å². The highest BCUT2D eigenvalue weighted by molar-refractivity contribution is 5.68. The second-order valence-electron chi connectivity index (χ2n) is 8.27. The fraction of sp³-hybridized carbons (Fsp3) is 0.619. The maximum atomic E-state index is 12.1. The molecule has 3 rings (SSSR count). The Balaban J connectivity index is 1.35. The summed E-state index contributed by atoms with van der Waals surface area (Å²) in [6.45, 7) is 10.8. The Bertz CT molecular complexity index is 656. The molecule has 1 aliphatic heterocycles. The van der Waals surface area contributed by atoms with Crippen molar-refractivity contribution in [2.45, 2.75) is 70.4 Å². The molecule has 6 heteroatoms. The van der Waals surface area contributed by atoms with Gasteiger partial charge in [-0.1, -0.05) is 12.7 Å². The molecule has 1 saturated carbocycles. The van der Waals surface area contributed by atoms with Gasteiger partial charge < -0.3 is 19.1 Å². The molecule has 0 aromatic carbocycles. The smallest absolute Gasteiger partial charge is 0.410 e. The Morgan fingerprint density at radius 2 is 1.93 bits per heavy atom. The quantitative estimate of drug-likeness (QED) is 0.778. The van der Waals surface area contributed by atoms with Crippen molar-refractivity contribution in [3.05, 3.63) is 30.5 Å². The monoisotopic (exact) mass is 374 g/mol. The van der Waals surface area contributed by atoms with Crippen LogP contribution in [0.15, 0.2) is 24.9 Å². The van der Waals surface area contributed by atoms with Gasteiger partial charge in [-0.05, 0) is 45.2 Å². The molecular formula is C21H30N2O4. The number of piperidine rings is 1. The zero-order valence-electron chi connectivity index (χ0n) is 16.5. The number of rotatable bonds is 5. The van der Waals surface area contributed by atoms with Crippen LogP contribution in [0.5, 0.6) is 5.88 Å². The lowest BCUT2D eigenvalue weighted by Crippen LogP contribution is -2.46. The van der Waals surface area contributed by atoms with Crippen LogP contribution in [0, 0.1) is 0 Å². The van der Waals surface area contributed by atoms with Crippen molar-refractivity contribution < 1.29 is 19.0 Å². The average molecular weight is 374 g/mol. The molecule has 1 aromatic rings. The minimum atomic E-state index is -0.453. The van der Waals surface area contributed by atoms with E-state index in [2.05, 4.69) is 11.6 Å². The van der Waals surface area contributed by atoms with Gasteiger partial charge in [0.2, 0.25) is 5.88 Å². The molecule has 2 fully saturated rings. The van der Waals surface area contributed by atoms with Gasteiger partial charge in [0, 0.05) is 38.2 Å². The molecule has 1 saturated heterocycles. The largest absolute Gasteiger partial charge is 0.474 e. The normalized spacial score (nSPS) is 23.4. The van der Waals surface area contributed by atoms with E-state index in [4.69, 9.17) is 14.2 Å². The number of aromatic nitrogens is 1. The number of amides is 1. The van der Waals surface area contributed by atoms with Crippen LogP contribution in [-0.4, -0.2) is 53.0 Å². The zero-order chi connectivity index (χ0) is 19.4. The molecule has 0 N–H and O–H groups in total. The molecule has 0 bridgehead atoms. The summed E-state index contributed by atoms with van der Waals surface area (Å²) in [5.74, 6) is 0.640. The summed E-state index contributed by atoms with van der Waals surface area (Å²) in [6.07, 6.45) is 7.35. The first-order valence-corrected chi connectivity index (χ1v) is 9.71. The number of carbonyl (C=O) groups excluding carboxylic acids is 1. The molecule has 1 aliphatic carbocycles. The van der Waals surface area contributed by atoms with Crippen LogP contribution in [0.3, 0.4) is 0 Å². The molecule has 0 unspecified atom stereocenters. The lowest BCUT2D eigenvalue weighted by atomic mass is 9.91. The maximum absolute atomic E-state index is 12.1. The van der Waals surface area contributed by atoms with Gasteiger partial charge in [-0.25, -0.2) is 9.78 Å². The lowest BCUT2D eigenvalue weighted by molar-refractivity contribution is -0.110. The summed E-state index contributed by atoms with van der Waals surface area (Å²) in [6, 6.07) is 3.80. The number of likely N-dealkylation sites (tertiary alicyclic amines) is 1. The van der Waals surface area contributed by atoms with Gasteiger partial charge in [-0.3, -0.25) is 0 Å². The Hall–Kier alpha value is -2.08. The van der Waals surface area contributed by atoms with E-state index in [1.807, 2.05) is 32.9 Å². The Morgan fingerprint density at radius 1 is 1.22 bits per heavy atom. The van der Waals surface area contributed by atoms with Crippen molar-refractivity contribution in [1.29, 1.82) is 0 Å². The van der Waals surface area contributed by atoms with E-state index in [0.29, 0.717) is 19.0 Å². The first kappa shape index (κ1) is 19.7. The molecule has 6 nitrogen and oxygen atoms in total. The molecule has 0 spiro atoms. The van der Waals surface area contributed by atoms with Crippen LogP contribution in [-0.2, 0) is 9.47 Å². The van der Waals surface area contributed by atoms with Gasteiger partial charge in [-0.15, -0.1) is 0 Å². The number of hydrogen-bond donors (Lipinski definition) is 0. The Labute approximate surface area is 161 Å². The number of ether oxygens (including phenoxy) is 3. The second-order valence-corrected chi connectivity index (χ2v) is 8.27. The number of pyridine rings is 1. The number of carbonyl (C=O) groups is 1. The van der Waals surface area contributed by atoms with Crippen molar-refractivity contribution in [2.75, 3.05) is 13.1 Å². The van der Waals surface area contributed by atoms with Gasteiger partial charge in [-0.2, -0.15) is 0 Å². The third-order valence-electron chi connectivity index (χ3n) is 4.81. The minimum Gasteiger partial charge on any atom is -0.474 e. The summed E-state index contributed by atoms with van der Waals surface area (Å²) in [5, 5.41) is 0. The van der Waals surface area contributed by atoms with E-state index in [0.717, 1.165) is 31.2 Å². The van der Waals surface area contributed by atoms with Crippen molar-refractivity contribution in [1.82, 2.24) is 9.88 Å². The molecule has 0 radical (unpaired) electrons. The topological polar surface area (TPSA) is 60.9 Å². The van der Waals surface area contributed by atoms with Crippen molar-refractivity contribution >= 4 is 12.2 Å². The predicted molar refractivity (Wildman–Crippen MR) is 104 cm³/mol. The first-order chi connectivity index (χ1) is 12.8. The van der Waals surface area contributed by atoms with Gasteiger partial charge in [0.25, 0.3) is 0 Å². The van der Waals surface area contributed by atoms with Crippen LogP contribution in [0.25, 0.3) is 6.08 Å². The fourth-order valence-electron chi connectivity index (χ4n) is 3.28. The van der Waals surface area contributed by atoms with Gasteiger partial charge in [0.15, 0.2) is 0 Å². The summed E-state index contributed by atoms with van der Waals surface area (Å²) in [7, 11) is 0. The van der Waals surface area contributed by atoms with Crippen LogP contribution in [0.4, 0.5) is 4.79 Å². The average Bonchev–Trinajstić information content (AvgIpc) is 2.59. The minimum absolute atomic E-state index is 0.157. The third-order valence-corrected chi connectivity index (χ3v) is 4.81. The molecule has 2 aliphatic rings. The van der Waals surface area contributed by atoms with Crippen LogP contribution in [0.2, 0.25) is 0 Å². The van der Waals surface area contributed by atoms with Crippen LogP contribution >= 0.6 is 0 Å². The van der Waals surface area contributed by atoms with E-state index in [1.165, 1.54) is 0 Å². The highest BCUT2D eigenvalue weighted by atomic mass is 16.6. The predicted octanol–water partition coefficient (Wildman–Crippen LogP) is 4.05.